The molecule has 2 heterocycles. The first-order chi connectivity index (χ1) is 12.6. The van der Waals surface area contributed by atoms with Crippen LogP contribution in [0.15, 0.2) is 52.9 Å². The highest BCUT2D eigenvalue weighted by Crippen LogP contribution is 2.29. The second kappa shape index (κ2) is 6.84. The van der Waals surface area contributed by atoms with Crippen LogP contribution in [0.4, 0.5) is 11.4 Å². The molecular formula is C21H23N3O2. The van der Waals surface area contributed by atoms with Crippen molar-refractivity contribution in [3.8, 4) is 0 Å². The number of carbonyl (C=O) groups is 1. The van der Waals surface area contributed by atoms with E-state index in [9.17, 15) is 4.79 Å². The molecule has 0 saturated carbocycles. The van der Waals surface area contributed by atoms with Crippen molar-refractivity contribution in [3.63, 3.8) is 0 Å². The highest BCUT2D eigenvalue weighted by atomic mass is 16.3. The SMILES string of the molecule is Cc1c(C(=O)Nc2ccccc2N2CCN(C)CC2)oc2ccccc12. The number of nitrogens with zero attached hydrogens (tertiary/aromatic N) is 2. The molecule has 1 saturated heterocycles. The molecule has 5 heteroatoms. The smallest absolute Gasteiger partial charge is 0.291 e. The molecule has 0 bridgehead atoms. The van der Waals surface area contributed by atoms with Gasteiger partial charge in [0.05, 0.1) is 11.4 Å². The summed E-state index contributed by atoms with van der Waals surface area (Å²) in [6, 6.07) is 15.7. The largest absolute Gasteiger partial charge is 0.451 e. The summed E-state index contributed by atoms with van der Waals surface area (Å²) >= 11 is 0. The maximum Gasteiger partial charge on any atom is 0.291 e. The van der Waals surface area contributed by atoms with E-state index < -0.39 is 0 Å². The van der Waals surface area contributed by atoms with E-state index >= 15 is 0 Å². The molecule has 0 aliphatic carbocycles. The molecule has 1 fully saturated rings. The van der Waals surface area contributed by atoms with Crippen LogP contribution in [0.5, 0.6) is 0 Å². The maximum absolute atomic E-state index is 12.9. The number of carbonyl (C=O) groups excluding carboxylic acids is 1. The Labute approximate surface area is 153 Å². The predicted octanol–water partition coefficient (Wildman–Crippen LogP) is 3.75. The normalized spacial score (nSPS) is 15.4. The number of piperazine rings is 1. The van der Waals surface area contributed by atoms with E-state index in [2.05, 4.69) is 28.2 Å². The van der Waals surface area contributed by atoms with Gasteiger partial charge in [0.25, 0.3) is 5.91 Å². The Morgan fingerprint density at radius 2 is 1.69 bits per heavy atom. The van der Waals surface area contributed by atoms with Gasteiger partial charge in [-0.05, 0) is 32.2 Å². The number of aryl methyl sites for hydroxylation is 1. The van der Waals surface area contributed by atoms with Gasteiger partial charge in [-0.25, -0.2) is 0 Å². The average molecular weight is 349 g/mol. The number of likely N-dealkylation sites (N-methyl/N-ethyl adjacent to an activating group) is 1. The zero-order chi connectivity index (χ0) is 18.1. The monoisotopic (exact) mass is 349 g/mol. The van der Waals surface area contributed by atoms with Crippen LogP contribution < -0.4 is 10.2 Å². The first kappa shape index (κ1) is 16.7. The molecule has 0 unspecified atom stereocenters. The second-order valence-corrected chi connectivity index (χ2v) is 6.81. The lowest BCUT2D eigenvalue weighted by Crippen LogP contribution is -2.44. The van der Waals surface area contributed by atoms with E-state index in [1.54, 1.807) is 0 Å². The number of para-hydroxylation sites is 3. The number of hydrogen-bond acceptors (Lipinski definition) is 4. The van der Waals surface area contributed by atoms with Crippen molar-refractivity contribution in [2.45, 2.75) is 6.92 Å². The average Bonchev–Trinajstić information content (AvgIpc) is 3.00. The summed E-state index contributed by atoms with van der Waals surface area (Å²) in [6.45, 7) is 5.86. The van der Waals surface area contributed by atoms with Gasteiger partial charge in [-0.1, -0.05) is 30.3 Å². The van der Waals surface area contributed by atoms with Crippen LogP contribution in [0.25, 0.3) is 11.0 Å². The molecule has 0 atom stereocenters. The van der Waals surface area contributed by atoms with Crippen LogP contribution in [0.3, 0.4) is 0 Å². The van der Waals surface area contributed by atoms with Crippen molar-refractivity contribution in [1.82, 2.24) is 4.90 Å². The Bertz CT molecular complexity index is 939. The first-order valence-corrected chi connectivity index (χ1v) is 8.95. The quantitative estimate of drug-likeness (QED) is 0.782. The number of nitrogens with one attached hydrogen (secondary N) is 1. The number of rotatable bonds is 3. The summed E-state index contributed by atoms with van der Waals surface area (Å²) < 4.78 is 5.80. The third-order valence-electron chi connectivity index (χ3n) is 5.05. The number of anilines is 2. The lowest BCUT2D eigenvalue weighted by atomic mass is 10.1. The minimum absolute atomic E-state index is 0.208. The number of amides is 1. The molecule has 1 amide bonds. The first-order valence-electron chi connectivity index (χ1n) is 8.95. The van der Waals surface area contributed by atoms with E-state index in [0.29, 0.717) is 5.76 Å². The fourth-order valence-electron chi connectivity index (χ4n) is 3.47. The Balaban J connectivity index is 1.61. The molecule has 1 aliphatic rings. The van der Waals surface area contributed by atoms with E-state index in [1.165, 1.54) is 0 Å². The van der Waals surface area contributed by atoms with Gasteiger partial charge in [-0.2, -0.15) is 0 Å². The minimum atomic E-state index is -0.208. The minimum Gasteiger partial charge on any atom is -0.451 e. The van der Waals surface area contributed by atoms with E-state index in [4.69, 9.17) is 4.42 Å². The fraction of sp³-hybridized carbons (Fsp3) is 0.286. The highest BCUT2D eigenvalue weighted by molar-refractivity contribution is 6.07. The Morgan fingerprint density at radius 3 is 2.46 bits per heavy atom. The zero-order valence-electron chi connectivity index (χ0n) is 15.2. The number of hydrogen-bond donors (Lipinski definition) is 1. The summed E-state index contributed by atoms with van der Waals surface area (Å²) in [4.78, 5) is 17.5. The lowest BCUT2D eigenvalue weighted by Gasteiger charge is -2.35. The van der Waals surface area contributed by atoms with Crippen molar-refractivity contribution in [3.05, 3.63) is 59.9 Å². The Hall–Kier alpha value is -2.79. The van der Waals surface area contributed by atoms with Crippen LogP contribution in [-0.4, -0.2) is 44.0 Å². The number of benzene rings is 2. The van der Waals surface area contributed by atoms with Crippen LogP contribution in [0, 0.1) is 6.92 Å². The van der Waals surface area contributed by atoms with Gasteiger partial charge in [-0.3, -0.25) is 4.79 Å². The third kappa shape index (κ3) is 3.06. The van der Waals surface area contributed by atoms with Gasteiger partial charge >= 0.3 is 0 Å². The lowest BCUT2D eigenvalue weighted by molar-refractivity contribution is 0.0998. The predicted molar refractivity (Wildman–Crippen MR) is 105 cm³/mol. The summed E-state index contributed by atoms with van der Waals surface area (Å²) in [5.41, 5.74) is 3.49. The third-order valence-corrected chi connectivity index (χ3v) is 5.05. The topological polar surface area (TPSA) is 48.7 Å². The maximum atomic E-state index is 12.9. The molecule has 1 N–H and O–H groups in total. The van der Waals surface area contributed by atoms with Crippen molar-refractivity contribution < 1.29 is 9.21 Å². The fourth-order valence-corrected chi connectivity index (χ4v) is 3.47. The molecule has 0 radical (unpaired) electrons. The van der Waals surface area contributed by atoms with Crippen molar-refractivity contribution in [2.24, 2.45) is 0 Å². The molecule has 134 valence electrons. The number of fused-ring (bicyclic) bond motifs is 1. The summed E-state index contributed by atoms with van der Waals surface area (Å²) in [6.07, 6.45) is 0. The standard InChI is InChI=1S/C21H23N3O2/c1-15-16-7-3-6-10-19(16)26-20(15)21(25)22-17-8-4-5-9-18(17)24-13-11-23(2)12-14-24/h3-10H,11-14H2,1-2H3,(H,22,25). The molecule has 2 aromatic carbocycles. The molecule has 4 rings (SSSR count). The molecule has 3 aromatic rings. The van der Waals surface area contributed by atoms with Gasteiger partial charge in [0.1, 0.15) is 5.58 Å². The van der Waals surface area contributed by atoms with Gasteiger partial charge in [-0.15, -0.1) is 0 Å². The second-order valence-electron chi connectivity index (χ2n) is 6.81. The molecular weight excluding hydrogens is 326 g/mol. The Morgan fingerprint density at radius 1 is 1.00 bits per heavy atom. The van der Waals surface area contributed by atoms with E-state index in [1.807, 2.05) is 49.4 Å². The van der Waals surface area contributed by atoms with Crippen molar-refractivity contribution in [2.75, 3.05) is 43.4 Å². The molecule has 1 aromatic heterocycles. The molecule has 5 nitrogen and oxygen atoms in total. The number of furan rings is 1. The van der Waals surface area contributed by atoms with Crippen LogP contribution in [0.1, 0.15) is 16.1 Å². The highest BCUT2D eigenvalue weighted by Gasteiger charge is 2.21. The van der Waals surface area contributed by atoms with Gasteiger partial charge in [0, 0.05) is 37.1 Å². The van der Waals surface area contributed by atoms with Crippen LogP contribution in [-0.2, 0) is 0 Å². The van der Waals surface area contributed by atoms with E-state index in [-0.39, 0.29) is 5.91 Å². The summed E-state index contributed by atoms with van der Waals surface area (Å²) in [5.74, 6) is 0.166. The zero-order valence-corrected chi connectivity index (χ0v) is 15.2. The Kier molecular flexibility index (Phi) is 4.39. The summed E-state index contributed by atoms with van der Waals surface area (Å²) in [7, 11) is 2.13. The molecule has 1 aliphatic heterocycles. The van der Waals surface area contributed by atoms with Crippen molar-refractivity contribution >= 4 is 28.3 Å². The van der Waals surface area contributed by atoms with Gasteiger partial charge < -0.3 is 19.5 Å². The van der Waals surface area contributed by atoms with E-state index in [0.717, 1.165) is 54.1 Å². The van der Waals surface area contributed by atoms with Crippen LogP contribution >= 0.6 is 0 Å². The summed E-state index contributed by atoms with van der Waals surface area (Å²) in [5, 5.41) is 4.03. The molecule has 26 heavy (non-hydrogen) atoms. The van der Waals surface area contributed by atoms with Crippen molar-refractivity contribution in [1.29, 1.82) is 0 Å². The van der Waals surface area contributed by atoms with Gasteiger partial charge in [0.15, 0.2) is 5.76 Å². The van der Waals surface area contributed by atoms with Gasteiger partial charge in [0.2, 0.25) is 0 Å². The van der Waals surface area contributed by atoms with Crippen LogP contribution in [0.2, 0.25) is 0 Å². The molecule has 0 spiro atoms.